The Balaban J connectivity index is 1.94. The van der Waals surface area contributed by atoms with Gasteiger partial charge >= 0.3 is 6.18 Å². The number of benzene rings is 1. The molecule has 0 saturated carbocycles. The molecule has 1 aromatic carbocycles. The van der Waals surface area contributed by atoms with E-state index in [1.54, 1.807) is 12.1 Å². The highest BCUT2D eigenvalue weighted by Gasteiger charge is 2.32. The number of rotatable bonds is 4. The lowest BCUT2D eigenvalue weighted by atomic mass is 10.1. The molecule has 0 radical (unpaired) electrons. The predicted octanol–water partition coefficient (Wildman–Crippen LogP) is 3.67. The molecule has 2 rings (SSSR count). The zero-order valence-electron chi connectivity index (χ0n) is 12.4. The first kappa shape index (κ1) is 16.3. The average molecular weight is 300 g/mol. The second-order valence-corrected chi connectivity index (χ2v) is 5.60. The molecule has 1 atom stereocenters. The molecule has 0 amide bonds. The molecule has 118 valence electrons. The lowest BCUT2D eigenvalue weighted by Crippen LogP contribution is -2.31. The number of nitrogens with one attached hydrogen (secondary N) is 1. The molecule has 1 saturated heterocycles. The number of hydrogen-bond donors (Lipinski definition) is 1. The molecule has 21 heavy (non-hydrogen) atoms. The SMILES string of the molecule is CCN1CCCC(NCc2ccccc2C(F)(F)F)CC1. The van der Waals surface area contributed by atoms with Gasteiger partial charge in [-0.05, 0) is 50.5 Å². The molecule has 0 bridgehead atoms. The minimum atomic E-state index is -4.28. The quantitative estimate of drug-likeness (QED) is 0.912. The van der Waals surface area contributed by atoms with E-state index in [0.717, 1.165) is 45.0 Å². The largest absolute Gasteiger partial charge is 0.416 e. The standard InChI is InChI=1S/C16H23F3N2/c1-2-21-10-5-7-14(9-11-21)20-12-13-6-3-4-8-15(13)16(17,18)19/h3-4,6,8,14,20H,2,5,7,9-12H2,1H3. The van der Waals surface area contributed by atoms with E-state index in [-0.39, 0.29) is 6.54 Å². The fourth-order valence-electron chi connectivity index (χ4n) is 2.88. The number of hydrogen-bond acceptors (Lipinski definition) is 2. The summed E-state index contributed by atoms with van der Waals surface area (Å²) in [5.74, 6) is 0. The van der Waals surface area contributed by atoms with Crippen molar-refractivity contribution in [2.24, 2.45) is 0 Å². The summed E-state index contributed by atoms with van der Waals surface area (Å²) in [4.78, 5) is 2.39. The third-order valence-corrected chi connectivity index (χ3v) is 4.17. The predicted molar refractivity (Wildman–Crippen MR) is 78.0 cm³/mol. The van der Waals surface area contributed by atoms with Gasteiger partial charge in [0.25, 0.3) is 0 Å². The smallest absolute Gasteiger partial charge is 0.310 e. The Morgan fingerprint density at radius 1 is 1.19 bits per heavy atom. The van der Waals surface area contributed by atoms with E-state index in [0.29, 0.717) is 11.6 Å². The van der Waals surface area contributed by atoms with Crippen molar-refractivity contribution in [2.45, 2.75) is 44.9 Å². The summed E-state index contributed by atoms with van der Waals surface area (Å²) in [6, 6.07) is 6.13. The number of alkyl halides is 3. The summed E-state index contributed by atoms with van der Waals surface area (Å²) in [6.07, 6.45) is -1.14. The molecule has 2 nitrogen and oxygen atoms in total. The van der Waals surface area contributed by atoms with Crippen molar-refractivity contribution in [3.05, 3.63) is 35.4 Å². The van der Waals surface area contributed by atoms with Crippen LogP contribution in [0.15, 0.2) is 24.3 Å². The highest BCUT2D eigenvalue weighted by molar-refractivity contribution is 5.29. The fourth-order valence-corrected chi connectivity index (χ4v) is 2.88. The van der Waals surface area contributed by atoms with Crippen LogP contribution in [-0.2, 0) is 12.7 Å². The molecule has 0 spiro atoms. The highest BCUT2D eigenvalue weighted by Crippen LogP contribution is 2.31. The van der Waals surface area contributed by atoms with Crippen molar-refractivity contribution in [1.82, 2.24) is 10.2 Å². The van der Waals surface area contributed by atoms with Gasteiger partial charge in [0.1, 0.15) is 0 Å². The Kier molecular flexibility index (Phi) is 5.65. The minimum absolute atomic E-state index is 0.284. The van der Waals surface area contributed by atoms with Gasteiger partial charge in [0, 0.05) is 12.6 Å². The van der Waals surface area contributed by atoms with E-state index < -0.39 is 11.7 Å². The Hall–Kier alpha value is -1.07. The average Bonchev–Trinajstić information content (AvgIpc) is 2.69. The lowest BCUT2D eigenvalue weighted by molar-refractivity contribution is -0.138. The number of nitrogens with zero attached hydrogens (tertiary/aromatic N) is 1. The highest BCUT2D eigenvalue weighted by atomic mass is 19.4. The maximum Gasteiger partial charge on any atom is 0.416 e. The zero-order valence-corrected chi connectivity index (χ0v) is 12.4. The summed E-state index contributed by atoms with van der Waals surface area (Å²) < 4.78 is 38.8. The van der Waals surface area contributed by atoms with E-state index in [1.165, 1.54) is 6.07 Å². The van der Waals surface area contributed by atoms with E-state index in [4.69, 9.17) is 0 Å². The van der Waals surface area contributed by atoms with Crippen LogP contribution in [0.5, 0.6) is 0 Å². The molecule has 1 unspecified atom stereocenters. The molecular formula is C16H23F3N2. The Morgan fingerprint density at radius 3 is 2.67 bits per heavy atom. The summed E-state index contributed by atoms with van der Waals surface area (Å²) in [5.41, 5.74) is -0.192. The van der Waals surface area contributed by atoms with Gasteiger partial charge < -0.3 is 10.2 Å². The molecule has 0 aliphatic carbocycles. The molecule has 1 N–H and O–H groups in total. The molecule has 1 aliphatic heterocycles. The van der Waals surface area contributed by atoms with Gasteiger partial charge in [-0.1, -0.05) is 25.1 Å². The van der Waals surface area contributed by atoms with E-state index in [9.17, 15) is 13.2 Å². The van der Waals surface area contributed by atoms with Crippen LogP contribution in [-0.4, -0.2) is 30.6 Å². The molecule has 5 heteroatoms. The first-order chi connectivity index (χ1) is 10.0. The maximum absolute atomic E-state index is 12.9. The van der Waals surface area contributed by atoms with Crippen molar-refractivity contribution in [3.63, 3.8) is 0 Å². The Morgan fingerprint density at radius 2 is 1.95 bits per heavy atom. The van der Waals surface area contributed by atoms with Crippen molar-refractivity contribution >= 4 is 0 Å². The number of halogens is 3. The minimum Gasteiger partial charge on any atom is -0.310 e. The number of likely N-dealkylation sites (tertiary alicyclic amines) is 1. The third kappa shape index (κ3) is 4.71. The first-order valence-electron chi connectivity index (χ1n) is 7.61. The first-order valence-corrected chi connectivity index (χ1v) is 7.61. The van der Waals surface area contributed by atoms with Crippen LogP contribution in [0, 0.1) is 0 Å². The second kappa shape index (κ2) is 7.27. The third-order valence-electron chi connectivity index (χ3n) is 4.17. The van der Waals surface area contributed by atoms with Crippen molar-refractivity contribution in [3.8, 4) is 0 Å². The van der Waals surface area contributed by atoms with Gasteiger partial charge in [0.2, 0.25) is 0 Å². The topological polar surface area (TPSA) is 15.3 Å². The summed E-state index contributed by atoms with van der Waals surface area (Å²) in [5, 5.41) is 3.31. The van der Waals surface area contributed by atoms with Gasteiger partial charge in [0.15, 0.2) is 0 Å². The summed E-state index contributed by atoms with van der Waals surface area (Å²) >= 11 is 0. The zero-order chi connectivity index (χ0) is 15.3. The van der Waals surface area contributed by atoms with Crippen LogP contribution >= 0.6 is 0 Å². The van der Waals surface area contributed by atoms with E-state index in [1.807, 2.05) is 0 Å². The maximum atomic E-state index is 12.9. The van der Waals surface area contributed by atoms with Crippen molar-refractivity contribution < 1.29 is 13.2 Å². The second-order valence-electron chi connectivity index (χ2n) is 5.60. The van der Waals surface area contributed by atoms with E-state index >= 15 is 0 Å². The van der Waals surface area contributed by atoms with Gasteiger partial charge in [-0.25, -0.2) is 0 Å². The monoisotopic (exact) mass is 300 g/mol. The lowest BCUT2D eigenvalue weighted by Gasteiger charge is -2.19. The Labute approximate surface area is 124 Å². The normalized spacial score (nSPS) is 21.2. The van der Waals surface area contributed by atoms with Crippen LogP contribution < -0.4 is 5.32 Å². The molecule has 0 aromatic heterocycles. The van der Waals surface area contributed by atoms with Crippen LogP contribution in [0.2, 0.25) is 0 Å². The van der Waals surface area contributed by atoms with Crippen LogP contribution in [0.25, 0.3) is 0 Å². The van der Waals surface area contributed by atoms with Crippen molar-refractivity contribution in [2.75, 3.05) is 19.6 Å². The fraction of sp³-hybridized carbons (Fsp3) is 0.625. The summed E-state index contributed by atoms with van der Waals surface area (Å²) in [6.45, 7) is 5.59. The molecular weight excluding hydrogens is 277 g/mol. The van der Waals surface area contributed by atoms with Crippen LogP contribution in [0.1, 0.15) is 37.3 Å². The van der Waals surface area contributed by atoms with E-state index in [2.05, 4.69) is 17.1 Å². The molecule has 1 aliphatic rings. The van der Waals surface area contributed by atoms with Crippen molar-refractivity contribution in [1.29, 1.82) is 0 Å². The van der Waals surface area contributed by atoms with Gasteiger partial charge in [-0.2, -0.15) is 13.2 Å². The summed E-state index contributed by atoms with van der Waals surface area (Å²) in [7, 11) is 0. The molecule has 1 heterocycles. The van der Waals surface area contributed by atoms with Crippen LogP contribution in [0.4, 0.5) is 13.2 Å². The van der Waals surface area contributed by atoms with Gasteiger partial charge in [-0.15, -0.1) is 0 Å². The molecule has 1 fully saturated rings. The van der Waals surface area contributed by atoms with Crippen LogP contribution in [0.3, 0.4) is 0 Å². The van der Waals surface area contributed by atoms with Gasteiger partial charge in [0.05, 0.1) is 5.56 Å². The molecule has 1 aromatic rings. The van der Waals surface area contributed by atoms with Gasteiger partial charge in [-0.3, -0.25) is 0 Å². The Bertz CT molecular complexity index is 445.